The fraction of sp³-hybridized carbons (Fsp3) is 0.136. The van der Waals surface area contributed by atoms with E-state index in [2.05, 4.69) is 9.97 Å². The Labute approximate surface area is 176 Å². The second-order valence-electron chi connectivity index (χ2n) is 6.37. The van der Waals surface area contributed by atoms with Crippen molar-refractivity contribution < 1.29 is 18.7 Å². The Morgan fingerprint density at radius 2 is 1.90 bits per heavy atom. The lowest BCUT2D eigenvalue weighted by Crippen LogP contribution is -2.30. The summed E-state index contributed by atoms with van der Waals surface area (Å²) in [5, 5.41) is 0.389. The molecule has 0 unspecified atom stereocenters. The number of methoxy groups -OCH3 is 2. The van der Waals surface area contributed by atoms with Crippen molar-refractivity contribution in [1.82, 2.24) is 9.97 Å². The number of benzene rings is 2. The highest BCUT2D eigenvalue weighted by atomic mass is 32.1. The van der Waals surface area contributed by atoms with E-state index in [-0.39, 0.29) is 18.0 Å². The zero-order valence-corrected chi connectivity index (χ0v) is 17.1. The third kappa shape index (κ3) is 3.81. The van der Waals surface area contributed by atoms with Crippen molar-refractivity contribution in [3.05, 3.63) is 77.9 Å². The Kier molecular flexibility index (Phi) is 5.58. The first-order chi connectivity index (χ1) is 14.6. The molecule has 1 amide bonds. The number of para-hydroxylation sites is 1. The molecular weight excluding hydrogens is 405 g/mol. The lowest BCUT2D eigenvalue weighted by Gasteiger charge is -2.20. The maximum atomic E-state index is 14.2. The van der Waals surface area contributed by atoms with Crippen LogP contribution in [0.1, 0.15) is 16.1 Å². The number of pyridine rings is 1. The highest BCUT2D eigenvalue weighted by Gasteiger charge is 2.24. The largest absolute Gasteiger partial charge is 0.493 e. The number of amides is 1. The van der Waals surface area contributed by atoms with Crippen molar-refractivity contribution in [3.8, 4) is 11.5 Å². The Morgan fingerprint density at radius 1 is 1.07 bits per heavy atom. The van der Waals surface area contributed by atoms with Crippen LogP contribution in [0.3, 0.4) is 0 Å². The number of carbonyl (C=O) groups is 1. The number of anilines is 1. The molecule has 4 rings (SSSR count). The summed E-state index contributed by atoms with van der Waals surface area (Å²) in [5.41, 5.74) is 1.32. The van der Waals surface area contributed by atoms with Gasteiger partial charge in [-0.25, -0.2) is 9.37 Å². The Hall–Kier alpha value is -3.52. The van der Waals surface area contributed by atoms with Gasteiger partial charge in [0.15, 0.2) is 16.6 Å². The van der Waals surface area contributed by atoms with Crippen LogP contribution in [0, 0.1) is 5.82 Å². The molecule has 2 aromatic heterocycles. The zero-order chi connectivity index (χ0) is 21.1. The van der Waals surface area contributed by atoms with Crippen LogP contribution < -0.4 is 14.4 Å². The fourth-order valence-electron chi connectivity index (χ4n) is 3.02. The van der Waals surface area contributed by atoms with E-state index in [1.165, 1.54) is 36.5 Å². The standard InChI is InChI=1S/C22H18FN3O3S/c1-28-17-10-9-14(12-18(17)29-2)21(27)26(13-15-6-3-4-11-24-15)22-25-20-16(23)7-5-8-19(20)30-22/h3-12H,13H2,1-2H3. The average Bonchev–Trinajstić information content (AvgIpc) is 3.22. The molecule has 4 aromatic rings. The maximum absolute atomic E-state index is 14.2. The van der Waals surface area contributed by atoms with Crippen molar-refractivity contribution in [1.29, 1.82) is 0 Å². The number of carbonyl (C=O) groups excluding carboxylic acids is 1. The number of hydrogen-bond acceptors (Lipinski definition) is 6. The molecule has 0 atom stereocenters. The number of ether oxygens (including phenoxy) is 2. The minimum absolute atomic E-state index is 0.190. The molecule has 0 N–H and O–H groups in total. The summed E-state index contributed by atoms with van der Waals surface area (Å²) in [6.45, 7) is 0.190. The summed E-state index contributed by atoms with van der Waals surface area (Å²) in [5.74, 6) is 0.233. The third-order valence-corrected chi connectivity index (χ3v) is 5.55. The summed E-state index contributed by atoms with van der Waals surface area (Å²) < 4.78 is 25.4. The van der Waals surface area contributed by atoms with Gasteiger partial charge in [0.1, 0.15) is 11.3 Å². The van der Waals surface area contributed by atoms with E-state index in [4.69, 9.17) is 9.47 Å². The van der Waals surface area contributed by atoms with Gasteiger partial charge in [0.25, 0.3) is 5.91 Å². The lowest BCUT2D eigenvalue weighted by molar-refractivity contribution is 0.0984. The molecule has 0 spiro atoms. The molecule has 0 radical (unpaired) electrons. The van der Waals surface area contributed by atoms with Crippen molar-refractivity contribution in [2.75, 3.05) is 19.1 Å². The molecular formula is C22H18FN3O3S. The van der Waals surface area contributed by atoms with Crippen LogP contribution in [0.5, 0.6) is 11.5 Å². The number of fused-ring (bicyclic) bond motifs is 1. The first-order valence-corrected chi connectivity index (χ1v) is 9.91. The van der Waals surface area contributed by atoms with E-state index in [0.29, 0.717) is 32.6 Å². The normalized spacial score (nSPS) is 10.8. The number of rotatable bonds is 6. The third-order valence-electron chi connectivity index (χ3n) is 4.51. The maximum Gasteiger partial charge on any atom is 0.260 e. The van der Waals surface area contributed by atoms with Gasteiger partial charge in [-0.1, -0.05) is 23.5 Å². The number of halogens is 1. The van der Waals surface area contributed by atoms with Gasteiger partial charge in [0, 0.05) is 11.8 Å². The van der Waals surface area contributed by atoms with Crippen LogP contribution >= 0.6 is 11.3 Å². The summed E-state index contributed by atoms with van der Waals surface area (Å²) in [4.78, 5) is 23.7. The van der Waals surface area contributed by atoms with E-state index in [1.54, 1.807) is 42.6 Å². The Bertz CT molecular complexity index is 1200. The lowest BCUT2D eigenvalue weighted by atomic mass is 10.1. The summed E-state index contributed by atoms with van der Waals surface area (Å²) >= 11 is 1.25. The predicted octanol–water partition coefficient (Wildman–Crippen LogP) is 4.69. The molecule has 0 aliphatic rings. The fourth-order valence-corrected chi connectivity index (χ4v) is 4.00. The molecule has 0 saturated heterocycles. The van der Waals surface area contributed by atoms with E-state index in [9.17, 15) is 9.18 Å². The minimum Gasteiger partial charge on any atom is -0.493 e. The van der Waals surface area contributed by atoms with Gasteiger partial charge < -0.3 is 9.47 Å². The van der Waals surface area contributed by atoms with Crippen molar-refractivity contribution >= 4 is 32.6 Å². The molecule has 6 nitrogen and oxygen atoms in total. The molecule has 30 heavy (non-hydrogen) atoms. The van der Waals surface area contributed by atoms with Crippen LogP contribution in [0.2, 0.25) is 0 Å². The first kappa shape index (κ1) is 19.8. The summed E-state index contributed by atoms with van der Waals surface area (Å²) in [6.07, 6.45) is 1.66. The first-order valence-electron chi connectivity index (χ1n) is 9.09. The topological polar surface area (TPSA) is 64.5 Å². The molecule has 152 valence electrons. The van der Waals surface area contributed by atoms with Crippen LogP contribution in [0.15, 0.2) is 60.8 Å². The van der Waals surface area contributed by atoms with Crippen LogP contribution in [-0.4, -0.2) is 30.1 Å². The van der Waals surface area contributed by atoms with Gasteiger partial charge in [-0.2, -0.15) is 0 Å². The van der Waals surface area contributed by atoms with Gasteiger partial charge in [-0.3, -0.25) is 14.7 Å². The zero-order valence-electron chi connectivity index (χ0n) is 16.3. The van der Waals surface area contributed by atoms with E-state index in [1.807, 2.05) is 12.1 Å². The number of thiazole rings is 1. The smallest absolute Gasteiger partial charge is 0.260 e. The monoisotopic (exact) mass is 423 g/mol. The second-order valence-corrected chi connectivity index (χ2v) is 7.37. The predicted molar refractivity (Wildman–Crippen MR) is 114 cm³/mol. The van der Waals surface area contributed by atoms with E-state index < -0.39 is 5.82 Å². The van der Waals surface area contributed by atoms with Gasteiger partial charge in [-0.15, -0.1) is 0 Å². The van der Waals surface area contributed by atoms with Crippen molar-refractivity contribution in [3.63, 3.8) is 0 Å². The van der Waals surface area contributed by atoms with Gasteiger partial charge in [-0.05, 0) is 42.5 Å². The van der Waals surface area contributed by atoms with Crippen LogP contribution in [0.25, 0.3) is 10.2 Å². The molecule has 0 bridgehead atoms. The van der Waals surface area contributed by atoms with Crippen molar-refractivity contribution in [2.24, 2.45) is 0 Å². The van der Waals surface area contributed by atoms with E-state index >= 15 is 0 Å². The SMILES string of the molecule is COc1ccc(C(=O)N(Cc2ccccn2)c2nc3c(F)cccc3s2)cc1OC. The molecule has 0 aliphatic carbocycles. The van der Waals surface area contributed by atoms with Crippen LogP contribution in [-0.2, 0) is 6.54 Å². The highest BCUT2D eigenvalue weighted by molar-refractivity contribution is 7.22. The Morgan fingerprint density at radius 3 is 2.60 bits per heavy atom. The number of nitrogens with zero attached hydrogens (tertiary/aromatic N) is 3. The quantitative estimate of drug-likeness (QED) is 0.450. The van der Waals surface area contributed by atoms with Gasteiger partial charge >= 0.3 is 0 Å². The van der Waals surface area contributed by atoms with Gasteiger partial charge in [0.2, 0.25) is 0 Å². The second kappa shape index (κ2) is 8.46. The average molecular weight is 423 g/mol. The van der Waals surface area contributed by atoms with Crippen molar-refractivity contribution in [2.45, 2.75) is 6.54 Å². The molecule has 2 heterocycles. The molecule has 2 aromatic carbocycles. The molecule has 0 aliphatic heterocycles. The van der Waals surface area contributed by atoms with E-state index in [0.717, 1.165) is 0 Å². The summed E-state index contributed by atoms with van der Waals surface area (Å²) in [7, 11) is 3.04. The van der Waals surface area contributed by atoms with Gasteiger partial charge in [0.05, 0.1) is 31.2 Å². The summed E-state index contributed by atoms with van der Waals surface area (Å²) in [6, 6.07) is 15.2. The molecule has 0 saturated carbocycles. The Balaban J connectivity index is 1.78. The van der Waals surface area contributed by atoms with Crippen LogP contribution in [0.4, 0.5) is 9.52 Å². The number of hydrogen-bond donors (Lipinski definition) is 0. The minimum atomic E-state index is -0.425. The number of aromatic nitrogens is 2. The molecule has 0 fully saturated rings. The molecule has 8 heteroatoms. The highest BCUT2D eigenvalue weighted by Crippen LogP contribution is 2.33.